The van der Waals surface area contributed by atoms with Gasteiger partial charge in [-0.1, -0.05) is 6.07 Å². The maximum Gasteiger partial charge on any atom is 0.490 e. The predicted molar refractivity (Wildman–Crippen MR) is 94.5 cm³/mol. The third-order valence-electron chi connectivity index (χ3n) is 5.00. The number of carbonyl (C=O) groups is 2. The number of rotatable bonds is 4. The van der Waals surface area contributed by atoms with Crippen LogP contribution in [0.2, 0.25) is 0 Å². The Morgan fingerprint density at radius 2 is 1.97 bits per heavy atom. The first-order valence-corrected chi connectivity index (χ1v) is 10.3. The van der Waals surface area contributed by atoms with Gasteiger partial charge in [0.2, 0.25) is 5.91 Å². The molecule has 0 aromatic carbocycles. The highest BCUT2D eigenvalue weighted by Gasteiger charge is 2.62. The van der Waals surface area contributed by atoms with Crippen LogP contribution in [0.1, 0.15) is 19.0 Å². The molecule has 3 heterocycles. The second kappa shape index (κ2) is 8.66. The van der Waals surface area contributed by atoms with Crippen molar-refractivity contribution in [1.29, 1.82) is 0 Å². The number of aromatic nitrogens is 1. The Morgan fingerprint density at radius 1 is 1.34 bits per heavy atom. The number of amides is 1. The van der Waals surface area contributed by atoms with Crippen molar-refractivity contribution in [2.75, 3.05) is 25.4 Å². The number of carbonyl (C=O) groups excluding carboxylic acids is 1. The first kappa shape index (κ1) is 23.1. The van der Waals surface area contributed by atoms with E-state index in [0.29, 0.717) is 32.7 Å². The van der Waals surface area contributed by atoms with Crippen molar-refractivity contribution in [3.63, 3.8) is 0 Å². The summed E-state index contributed by atoms with van der Waals surface area (Å²) in [4.78, 5) is 26.0. The average Bonchev–Trinajstić information content (AvgIpc) is 2.84. The van der Waals surface area contributed by atoms with Crippen molar-refractivity contribution in [3.05, 3.63) is 30.1 Å². The standard InChI is InChI=1S/C15H20N2O4S.C2HF3O2/c1-12(18)17-10-15(11-17)13(5-7-22(15,19)20)8-21-9-14-4-2-3-6-16-14;3-2(4,5)1(6)7/h2-4,6,13H,5,7-11H2,1H3;(H,6,7). The number of carboxylic acids is 1. The summed E-state index contributed by atoms with van der Waals surface area (Å²) in [5.41, 5.74) is 0.830. The number of halogens is 3. The van der Waals surface area contributed by atoms with E-state index in [0.717, 1.165) is 5.69 Å². The van der Waals surface area contributed by atoms with Gasteiger partial charge in [-0.25, -0.2) is 13.2 Å². The van der Waals surface area contributed by atoms with Gasteiger partial charge < -0.3 is 14.7 Å². The zero-order valence-electron chi connectivity index (χ0n) is 15.6. The Hall–Kier alpha value is -2.21. The molecule has 1 amide bonds. The fourth-order valence-corrected chi connectivity index (χ4v) is 5.72. The van der Waals surface area contributed by atoms with Gasteiger partial charge >= 0.3 is 12.1 Å². The number of sulfone groups is 1. The summed E-state index contributed by atoms with van der Waals surface area (Å²) in [5, 5.41) is 7.12. The van der Waals surface area contributed by atoms with Gasteiger partial charge in [-0.15, -0.1) is 0 Å². The molecule has 162 valence electrons. The first-order valence-electron chi connectivity index (χ1n) is 8.64. The number of likely N-dealkylation sites (tertiary alicyclic amines) is 1. The van der Waals surface area contributed by atoms with E-state index in [1.54, 1.807) is 11.1 Å². The zero-order valence-corrected chi connectivity index (χ0v) is 16.4. The molecule has 2 saturated heterocycles. The normalized spacial score (nSPS) is 21.8. The number of hydrogen-bond acceptors (Lipinski definition) is 6. The Balaban J connectivity index is 0.000000370. The molecule has 2 aliphatic rings. The number of pyridine rings is 1. The van der Waals surface area contributed by atoms with E-state index >= 15 is 0 Å². The van der Waals surface area contributed by atoms with Gasteiger partial charge in [-0.05, 0) is 18.6 Å². The molecule has 1 aromatic rings. The third-order valence-corrected chi connectivity index (χ3v) is 7.60. The maximum absolute atomic E-state index is 12.4. The lowest BCUT2D eigenvalue weighted by atomic mass is 9.83. The van der Waals surface area contributed by atoms with E-state index in [-0.39, 0.29) is 17.6 Å². The maximum atomic E-state index is 12.4. The van der Waals surface area contributed by atoms with E-state index in [1.165, 1.54) is 6.92 Å². The molecule has 1 aromatic heterocycles. The van der Waals surface area contributed by atoms with E-state index < -0.39 is 26.7 Å². The van der Waals surface area contributed by atoms with Gasteiger partial charge in [0, 0.05) is 32.1 Å². The second-order valence-electron chi connectivity index (χ2n) is 6.88. The van der Waals surface area contributed by atoms with Gasteiger partial charge in [0.25, 0.3) is 0 Å². The van der Waals surface area contributed by atoms with Crippen molar-refractivity contribution in [1.82, 2.24) is 9.88 Å². The van der Waals surface area contributed by atoms with E-state index in [2.05, 4.69) is 4.98 Å². The van der Waals surface area contributed by atoms with Crippen LogP contribution in [0.3, 0.4) is 0 Å². The second-order valence-corrected chi connectivity index (χ2v) is 9.33. The van der Waals surface area contributed by atoms with Crippen LogP contribution in [-0.4, -0.2) is 71.7 Å². The molecule has 0 radical (unpaired) electrons. The molecule has 29 heavy (non-hydrogen) atoms. The van der Waals surface area contributed by atoms with Crippen molar-refractivity contribution in [2.45, 2.75) is 30.9 Å². The Morgan fingerprint density at radius 3 is 2.45 bits per heavy atom. The van der Waals surface area contributed by atoms with Gasteiger partial charge in [-0.3, -0.25) is 9.78 Å². The number of hydrogen-bond donors (Lipinski definition) is 1. The molecule has 0 bridgehead atoms. The van der Waals surface area contributed by atoms with Crippen molar-refractivity contribution >= 4 is 21.7 Å². The molecule has 1 unspecified atom stereocenters. The number of alkyl halides is 3. The highest BCUT2D eigenvalue weighted by molar-refractivity contribution is 7.93. The molecular weight excluding hydrogens is 417 g/mol. The summed E-state index contributed by atoms with van der Waals surface area (Å²) in [7, 11) is -3.15. The fraction of sp³-hybridized carbons (Fsp3) is 0.588. The molecule has 1 spiro atoms. The molecule has 1 N–H and O–H groups in total. The van der Waals surface area contributed by atoms with E-state index in [1.807, 2.05) is 18.2 Å². The lowest BCUT2D eigenvalue weighted by molar-refractivity contribution is -0.192. The van der Waals surface area contributed by atoms with Crippen molar-refractivity contribution in [2.24, 2.45) is 5.92 Å². The van der Waals surface area contributed by atoms with Gasteiger partial charge in [0.15, 0.2) is 9.84 Å². The van der Waals surface area contributed by atoms with Crippen LogP contribution in [-0.2, 0) is 30.8 Å². The Kier molecular flexibility index (Phi) is 6.89. The number of aliphatic carboxylic acids is 1. The highest BCUT2D eigenvalue weighted by atomic mass is 32.2. The predicted octanol–water partition coefficient (Wildman–Crippen LogP) is 1.27. The smallest absolute Gasteiger partial charge is 0.475 e. The van der Waals surface area contributed by atoms with Crippen LogP contribution in [0, 0.1) is 5.92 Å². The molecule has 2 fully saturated rings. The molecule has 3 rings (SSSR count). The number of nitrogens with zero attached hydrogens (tertiary/aromatic N) is 2. The Labute approximate surface area is 165 Å². The van der Waals surface area contributed by atoms with Crippen LogP contribution in [0.25, 0.3) is 0 Å². The quantitative estimate of drug-likeness (QED) is 0.753. The summed E-state index contributed by atoms with van der Waals surface area (Å²) in [6.45, 7) is 2.86. The highest BCUT2D eigenvalue weighted by Crippen LogP contribution is 2.44. The number of ether oxygens (including phenoxy) is 1. The van der Waals surface area contributed by atoms with Crippen LogP contribution >= 0.6 is 0 Å². The van der Waals surface area contributed by atoms with Gasteiger partial charge in [0.05, 0.1) is 24.7 Å². The summed E-state index contributed by atoms with van der Waals surface area (Å²) >= 11 is 0. The molecule has 12 heteroatoms. The summed E-state index contributed by atoms with van der Waals surface area (Å²) in [6, 6.07) is 5.61. The lowest BCUT2D eigenvalue weighted by Crippen LogP contribution is -2.68. The molecule has 0 aliphatic carbocycles. The topological polar surface area (TPSA) is 114 Å². The number of carboxylic acid groups (broad SMARTS) is 1. The van der Waals surface area contributed by atoms with E-state index in [9.17, 15) is 26.4 Å². The van der Waals surface area contributed by atoms with Gasteiger partial charge in [0.1, 0.15) is 4.75 Å². The fourth-order valence-electron chi connectivity index (χ4n) is 3.32. The SMILES string of the molecule is CC(=O)N1CC2(C1)C(COCc1ccccn1)CCS2(=O)=O.O=C(O)C(F)(F)F. The molecule has 2 aliphatic heterocycles. The monoisotopic (exact) mass is 438 g/mol. The first-order chi connectivity index (χ1) is 13.4. The summed E-state index contributed by atoms with van der Waals surface area (Å²) < 4.78 is 61.4. The van der Waals surface area contributed by atoms with E-state index in [4.69, 9.17) is 14.6 Å². The molecular formula is C17H21F3N2O6S. The largest absolute Gasteiger partial charge is 0.490 e. The van der Waals surface area contributed by atoms with Crippen LogP contribution < -0.4 is 0 Å². The van der Waals surface area contributed by atoms with Crippen LogP contribution in [0.4, 0.5) is 13.2 Å². The minimum Gasteiger partial charge on any atom is -0.475 e. The Bertz CT molecular complexity index is 838. The van der Waals surface area contributed by atoms with Gasteiger partial charge in [-0.2, -0.15) is 13.2 Å². The molecule has 0 saturated carbocycles. The summed E-state index contributed by atoms with van der Waals surface area (Å²) in [5.74, 6) is -2.68. The zero-order chi connectivity index (χ0) is 21.9. The van der Waals surface area contributed by atoms with Crippen molar-refractivity contribution in [3.8, 4) is 0 Å². The average molecular weight is 438 g/mol. The van der Waals surface area contributed by atoms with Crippen molar-refractivity contribution < 1.29 is 41.0 Å². The summed E-state index contributed by atoms with van der Waals surface area (Å²) in [6.07, 6.45) is -2.77. The van der Waals surface area contributed by atoms with Crippen LogP contribution in [0.15, 0.2) is 24.4 Å². The molecule has 1 atom stereocenters. The lowest BCUT2D eigenvalue weighted by Gasteiger charge is -2.49. The van der Waals surface area contributed by atoms with Crippen LogP contribution in [0.5, 0.6) is 0 Å². The minimum atomic E-state index is -5.08. The molecule has 8 nitrogen and oxygen atoms in total. The minimum absolute atomic E-state index is 0.0446. The third kappa shape index (κ3) is 5.24.